The Balaban J connectivity index is 1.44. The SMILES string of the molecule is O=C(CCNC(=O)c1ccco1)Nc1ccc(C(=O)Nc2nccs2)cc1. The van der Waals surface area contributed by atoms with Crippen LogP contribution in [0.4, 0.5) is 10.8 Å². The van der Waals surface area contributed by atoms with Crippen LogP contribution in [0.25, 0.3) is 0 Å². The summed E-state index contributed by atoms with van der Waals surface area (Å²) in [6.45, 7) is 0.180. The maximum Gasteiger partial charge on any atom is 0.286 e. The zero-order chi connectivity index (χ0) is 19.1. The van der Waals surface area contributed by atoms with Gasteiger partial charge in [0.05, 0.1) is 6.26 Å². The number of anilines is 2. The highest BCUT2D eigenvalue weighted by Crippen LogP contribution is 2.14. The Morgan fingerprint density at radius 1 is 1.04 bits per heavy atom. The van der Waals surface area contributed by atoms with E-state index in [0.717, 1.165) is 0 Å². The first kappa shape index (κ1) is 18.3. The lowest BCUT2D eigenvalue weighted by Crippen LogP contribution is -2.27. The third kappa shape index (κ3) is 5.25. The molecule has 1 aromatic carbocycles. The van der Waals surface area contributed by atoms with Crippen molar-refractivity contribution < 1.29 is 18.8 Å². The van der Waals surface area contributed by atoms with Gasteiger partial charge >= 0.3 is 0 Å². The fourth-order valence-electron chi connectivity index (χ4n) is 2.17. The van der Waals surface area contributed by atoms with Gasteiger partial charge in [-0.3, -0.25) is 19.7 Å². The second-order valence-electron chi connectivity index (χ2n) is 5.40. The van der Waals surface area contributed by atoms with Gasteiger partial charge in [0.2, 0.25) is 5.91 Å². The predicted octanol–water partition coefficient (Wildman–Crippen LogP) is 2.75. The molecular formula is C18H16N4O4S. The molecule has 0 aliphatic rings. The Morgan fingerprint density at radius 2 is 1.85 bits per heavy atom. The van der Waals surface area contributed by atoms with Gasteiger partial charge in [-0.2, -0.15) is 0 Å². The highest BCUT2D eigenvalue weighted by Gasteiger charge is 2.10. The van der Waals surface area contributed by atoms with E-state index in [2.05, 4.69) is 20.9 Å². The van der Waals surface area contributed by atoms with Gasteiger partial charge in [0, 0.05) is 35.8 Å². The fraction of sp³-hybridized carbons (Fsp3) is 0.111. The number of hydrogen-bond donors (Lipinski definition) is 3. The smallest absolute Gasteiger partial charge is 0.286 e. The van der Waals surface area contributed by atoms with Crippen molar-refractivity contribution >= 4 is 39.9 Å². The van der Waals surface area contributed by atoms with Crippen LogP contribution in [0.2, 0.25) is 0 Å². The third-order valence-corrected chi connectivity index (χ3v) is 4.15. The summed E-state index contributed by atoms with van der Waals surface area (Å²) in [7, 11) is 0. The second kappa shape index (κ2) is 8.77. The average molecular weight is 384 g/mol. The standard InChI is InChI=1S/C18H16N4O4S/c23-15(7-8-19-17(25)14-2-1-10-26-14)21-13-5-3-12(4-6-13)16(24)22-18-20-9-11-27-18/h1-6,9-11H,7-8H2,(H,19,25)(H,21,23)(H,20,22,24). The molecule has 2 heterocycles. The van der Waals surface area contributed by atoms with E-state index < -0.39 is 0 Å². The summed E-state index contributed by atoms with van der Waals surface area (Å²) >= 11 is 1.33. The van der Waals surface area contributed by atoms with Crippen LogP contribution in [0, 0.1) is 0 Å². The number of hydrogen-bond acceptors (Lipinski definition) is 6. The van der Waals surface area contributed by atoms with Crippen LogP contribution >= 0.6 is 11.3 Å². The maximum atomic E-state index is 12.1. The molecule has 0 spiro atoms. The Hall–Kier alpha value is -3.46. The van der Waals surface area contributed by atoms with E-state index in [4.69, 9.17) is 4.42 Å². The molecule has 0 saturated carbocycles. The van der Waals surface area contributed by atoms with Crippen molar-refractivity contribution in [1.29, 1.82) is 0 Å². The Kier molecular flexibility index (Phi) is 5.95. The Morgan fingerprint density at radius 3 is 2.52 bits per heavy atom. The number of nitrogens with one attached hydrogen (secondary N) is 3. The summed E-state index contributed by atoms with van der Waals surface area (Å²) in [5.41, 5.74) is 1.01. The van der Waals surface area contributed by atoms with Crippen LogP contribution in [0.1, 0.15) is 27.3 Å². The van der Waals surface area contributed by atoms with Crippen molar-refractivity contribution in [2.45, 2.75) is 6.42 Å². The van der Waals surface area contributed by atoms with E-state index in [0.29, 0.717) is 16.4 Å². The van der Waals surface area contributed by atoms with Crippen molar-refractivity contribution in [3.63, 3.8) is 0 Å². The first-order valence-corrected chi connectivity index (χ1v) is 8.92. The number of amides is 3. The minimum absolute atomic E-state index is 0.110. The van der Waals surface area contributed by atoms with Crippen LogP contribution in [0.3, 0.4) is 0 Å². The second-order valence-corrected chi connectivity index (χ2v) is 6.29. The lowest BCUT2D eigenvalue weighted by molar-refractivity contribution is -0.116. The number of aromatic nitrogens is 1. The van der Waals surface area contributed by atoms with Gasteiger partial charge in [0.1, 0.15) is 0 Å². The van der Waals surface area contributed by atoms with Crippen molar-refractivity contribution in [3.05, 3.63) is 65.6 Å². The topological polar surface area (TPSA) is 113 Å². The summed E-state index contributed by atoms with van der Waals surface area (Å²) < 4.78 is 4.96. The van der Waals surface area contributed by atoms with Crippen molar-refractivity contribution in [2.24, 2.45) is 0 Å². The summed E-state index contributed by atoms with van der Waals surface area (Å²) in [4.78, 5) is 39.7. The van der Waals surface area contributed by atoms with E-state index in [1.807, 2.05) is 0 Å². The first-order chi connectivity index (χ1) is 13.1. The Bertz CT molecular complexity index is 906. The van der Waals surface area contributed by atoms with Crippen molar-refractivity contribution in [1.82, 2.24) is 10.3 Å². The van der Waals surface area contributed by atoms with E-state index in [-0.39, 0.29) is 36.4 Å². The molecule has 0 bridgehead atoms. The van der Waals surface area contributed by atoms with E-state index >= 15 is 0 Å². The molecule has 2 aromatic heterocycles. The zero-order valence-corrected chi connectivity index (χ0v) is 14.9. The quantitative estimate of drug-likeness (QED) is 0.580. The van der Waals surface area contributed by atoms with Gasteiger partial charge in [-0.05, 0) is 36.4 Å². The number of furan rings is 1. The summed E-state index contributed by atoms with van der Waals surface area (Å²) in [6.07, 6.45) is 3.12. The lowest BCUT2D eigenvalue weighted by Gasteiger charge is -2.07. The number of thiazole rings is 1. The van der Waals surface area contributed by atoms with Gasteiger partial charge < -0.3 is 15.1 Å². The van der Waals surface area contributed by atoms with E-state index in [1.165, 1.54) is 17.6 Å². The normalized spacial score (nSPS) is 10.2. The van der Waals surface area contributed by atoms with E-state index in [1.54, 1.807) is 48.0 Å². The number of benzene rings is 1. The molecule has 3 aromatic rings. The molecule has 0 saturated heterocycles. The van der Waals surface area contributed by atoms with Crippen molar-refractivity contribution in [2.75, 3.05) is 17.2 Å². The number of nitrogens with zero attached hydrogens (tertiary/aromatic N) is 1. The molecule has 0 unspecified atom stereocenters. The van der Waals surface area contributed by atoms with Gasteiger partial charge in [0.25, 0.3) is 11.8 Å². The molecule has 0 atom stereocenters. The van der Waals surface area contributed by atoms with Crippen molar-refractivity contribution in [3.8, 4) is 0 Å². The zero-order valence-electron chi connectivity index (χ0n) is 14.1. The molecule has 0 radical (unpaired) electrons. The monoisotopic (exact) mass is 384 g/mol. The predicted molar refractivity (Wildman–Crippen MR) is 101 cm³/mol. The molecule has 3 amide bonds. The molecular weight excluding hydrogens is 368 g/mol. The number of carbonyl (C=O) groups is 3. The third-order valence-electron chi connectivity index (χ3n) is 3.47. The van der Waals surface area contributed by atoms with Gasteiger partial charge in [-0.25, -0.2) is 4.98 Å². The summed E-state index contributed by atoms with van der Waals surface area (Å²) in [6, 6.07) is 9.64. The Labute approximate surface area is 158 Å². The number of rotatable bonds is 7. The van der Waals surface area contributed by atoms with Crippen LogP contribution < -0.4 is 16.0 Å². The molecule has 0 aliphatic heterocycles. The van der Waals surface area contributed by atoms with Gasteiger partial charge in [-0.1, -0.05) is 0 Å². The van der Waals surface area contributed by atoms with Crippen LogP contribution in [0.5, 0.6) is 0 Å². The highest BCUT2D eigenvalue weighted by molar-refractivity contribution is 7.13. The molecule has 27 heavy (non-hydrogen) atoms. The highest BCUT2D eigenvalue weighted by atomic mass is 32.1. The average Bonchev–Trinajstić information content (AvgIpc) is 3.36. The fourth-order valence-corrected chi connectivity index (χ4v) is 2.69. The largest absolute Gasteiger partial charge is 0.459 e. The van der Waals surface area contributed by atoms with E-state index in [9.17, 15) is 14.4 Å². The summed E-state index contributed by atoms with van der Waals surface area (Å²) in [5.74, 6) is -0.705. The van der Waals surface area contributed by atoms with Crippen LogP contribution in [-0.2, 0) is 4.79 Å². The van der Waals surface area contributed by atoms with Crippen LogP contribution in [0.15, 0.2) is 58.7 Å². The molecule has 3 rings (SSSR count). The number of carbonyl (C=O) groups excluding carboxylic acids is 3. The van der Waals surface area contributed by atoms with Gasteiger partial charge in [-0.15, -0.1) is 11.3 Å². The maximum absolute atomic E-state index is 12.1. The van der Waals surface area contributed by atoms with Gasteiger partial charge in [0.15, 0.2) is 10.9 Å². The van der Waals surface area contributed by atoms with Crippen LogP contribution in [-0.4, -0.2) is 29.3 Å². The molecule has 0 fully saturated rings. The summed E-state index contributed by atoms with van der Waals surface area (Å²) in [5, 5.41) is 10.3. The molecule has 0 aliphatic carbocycles. The minimum Gasteiger partial charge on any atom is -0.459 e. The molecule has 138 valence electrons. The first-order valence-electron chi connectivity index (χ1n) is 8.04. The minimum atomic E-state index is -0.372. The molecule has 9 heteroatoms. The molecule has 3 N–H and O–H groups in total. The molecule has 8 nitrogen and oxygen atoms in total. The lowest BCUT2D eigenvalue weighted by atomic mass is 10.2.